The highest BCUT2D eigenvalue weighted by Crippen LogP contribution is 2.47. The summed E-state index contributed by atoms with van der Waals surface area (Å²) in [5.41, 5.74) is 14.0. The number of hydrogen-bond acceptors (Lipinski definition) is 0. The van der Waals surface area contributed by atoms with Crippen LogP contribution in [0.15, 0.2) is 115 Å². The Morgan fingerprint density at radius 1 is 0.610 bits per heavy atom. The topological polar surface area (TPSA) is 0 Å². The van der Waals surface area contributed by atoms with Crippen molar-refractivity contribution in [3.05, 3.63) is 138 Å². The third-order valence-corrected chi connectivity index (χ3v) is 8.95. The van der Waals surface area contributed by atoms with Gasteiger partial charge < -0.3 is 0 Å². The molecule has 0 fully saturated rings. The van der Waals surface area contributed by atoms with Crippen molar-refractivity contribution in [2.75, 3.05) is 0 Å². The highest BCUT2D eigenvalue weighted by atomic mass is 14.3. The van der Waals surface area contributed by atoms with Gasteiger partial charge in [-0.15, -0.1) is 0 Å². The first kappa shape index (κ1) is 25.5. The van der Waals surface area contributed by atoms with Crippen LogP contribution in [0, 0.1) is 0 Å². The van der Waals surface area contributed by atoms with Gasteiger partial charge in [-0.3, -0.25) is 0 Å². The molecule has 0 radical (unpaired) electrons. The fraction of sp³-hybridized carbons (Fsp3) is 0.171. The molecule has 2 aliphatic carbocycles. The van der Waals surface area contributed by atoms with Gasteiger partial charge in [-0.05, 0) is 114 Å². The second kappa shape index (κ2) is 10.5. The molecule has 1 atom stereocenters. The van der Waals surface area contributed by atoms with E-state index in [1.54, 1.807) is 0 Å². The fourth-order valence-corrected chi connectivity index (χ4v) is 7.15. The first-order valence-corrected chi connectivity index (χ1v) is 15.2. The zero-order chi connectivity index (χ0) is 27.9. The van der Waals surface area contributed by atoms with E-state index in [0.717, 1.165) is 19.3 Å². The van der Waals surface area contributed by atoms with Crippen LogP contribution in [0.5, 0.6) is 0 Å². The van der Waals surface area contributed by atoms with Gasteiger partial charge in [0.25, 0.3) is 0 Å². The molecule has 2 aliphatic rings. The lowest BCUT2D eigenvalue weighted by atomic mass is 9.76. The highest BCUT2D eigenvalue weighted by Gasteiger charge is 2.25. The summed E-state index contributed by atoms with van der Waals surface area (Å²) in [6, 6.07) is 41.0. The SMILES string of the molecule is CC.CC1Cc2ccccc2-c2cc(-c3c4c(c(-c5ccc6ccccc6c5)c5ccccc35)CCC=C4)ccc21. The van der Waals surface area contributed by atoms with Crippen LogP contribution >= 0.6 is 0 Å². The summed E-state index contributed by atoms with van der Waals surface area (Å²) in [6.45, 7) is 6.37. The minimum atomic E-state index is 0.532. The first-order valence-electron chi connectivity index (χ1n) is 15.2. The molecular formula is C41H36. The van der Waals surface area contributed by atoms with E-state index in [0.29, 0.717) is 5.92 Å². The summed E-state index contributed by atoms with van der Waals surface area (Å²) in [4.78, 5) is 0. The van der Waals surface area contributed by atoms with Crippen LogP contribution < -0.4 is 0 Å². The van der Waals surface area contributed by atoms with Gasteiger partial charge in [0.2, 0.25) is 0 Å². The molecule has 0 amide bonds. The first-order chi connectivity index (χ1) is 20.3. The summed E-state index contributed by atoms with van der Waals surface area (Å²) in [7, 11) is 0. The normalized spacial score (nSPS) is 15.0. The van der Waals surface area contributed by atoms with Crippen molar-refractivity contribution < 1.29 is 0 Å². The van der Waals surface area contributed by atoms with Gasteiger partial charge in [-0.2, -0.15) is 0 Å². The second-order valence-electron chi connectivity index (χ2n) is 11.3. The largest absolute Gasteiger partial charge is 0.0836 e. The molecule has 6 aromatic rings. The van der Waals surface area contributed by atoms with E-state index < -0.39 is 0 Å². The summed E-state index contributed by atoms with van der Waals surface area (Å²) in [5.74, 6) is 0.532. The van der Waals surface area contributed by atoms with Crippen molar-refractivity contribution in [3.63, 3.8) is 0 Å². The van der Waals surface area contributed by atoms with Crippen LogP contribution in [0.1, 0.15) is 55.4 Å². The smallest absolute Gasteiger partial charge is 0.00295 e. The number of benzene rings is 6. The summed E-state index contributed by atoms with van der Waals surface area (Å²) >= 11 is 0. The van der Waals surface area contributed by atoms with Crippen molar-refractivity contribution in [2.24, 2.45) is 0 Å². The van der Waals surface area contributed by atoms with Crippen molar-refractivity contribution in [1.29, 1.82) is 0 Å². The maximum absolute atomic E-state index is 2.48. The summed E-state index contributed by atoms with van der Waals surface area (Å²) in [5, 5.41) is 5.27. The van der Waals surface area contributed by atoms with Gasteiger partial charge in [0.15, 0.2) is 0 Å². The molecule has 0 spiro atoms. The quantitative estimate of drug-likeness (QED) is 0.210. The molecule has 41 heavy (non-hydrogen) atoms. The number of rotatable bonds is 2. The van der Waals surface area contributed by atoms with Gasteiger partial charge in [0.05, 0.1) is 0 Å². The van der Waals surface area contributed by atoms with Gasteiger partial charge in [0, 0.05) is 0 Å². The Morgan fingerprint density at radius 2 is 1.29 bits per heavy atom. The Morgan fingerprint density at radius 3 is 2.15 bits per heavy atom. The summed E-state index contributed by atoms with van der Waals surface area (Å²) in [6.07, 6.45) is 8.02. The van der Waals surface area contributed by atoms with E-state index in [1.165, 1.54) is 77.2 Å². The Hall–Kier alpha value is -4.42. The number of allylic oxidation sites excluding steroid dienone is 1. The third kappa shape index (κ3) is 4.21. The standard InChI is InChI=1S/C39H30.C2H6/c1-25-22-28-12-4-5-13-32(28)37-24-30(20-21-31(25)37)39-35-16-8-6-14-33(35)38(34-15-7-9-17-36(34)39)29-19-18-26-10-2-3-11-27(26)23-29;1-2/h2-6,8-14,16-21,23-25H,7,15,22H2,1H3;1-2H3. The molecule has 8 rings (SSSR count). The molecule has 1 unspecified atom stereocenters. The van der Waals surface area contributed by atoms with E-state index >= 15 is 0 Å². The maximum atomic E-state index is 2.48. The van der Waals surface area contributed by atoms with Crippen LogP contribution in [-0.4, -0.2) is 0 Å². The molecule has 0 heteroatoms. The Kier molecular flexibility index (Phi) is 6.56. The number of fused-ring (bicyclic) bond motifs is 6. The van der Waals surface area contributed by atoms with Crippen LogP contribution in [-0.2, 0) is 12.8 Å². The molecule has 0 aliphatic heterocycles. The molecule has 0 nitrogen and oxygen atoms in total. The van der Waals surface area contributed by atoms with Crippen molar-refractivity contribution >= 4 is 27.6 Å². The molecular weight excluding hydrogens is 492 g/mol. The molecule has 0 heterocycles. The molecule has 0 saturated heterocycles. The number of hydrogen-bond donors (Lipinski definition) is 0. The van der Waals surface area contributed by atoms with Crippen LogP contribution in [0.2, 0.25) is 0 Å². The lowest BCUT2D eigenvalue weighted by Gasteiger charge is -2.27. The molecule has 0 saturated carbocycles. The predicted octanol–water partition coefficient (Wildman–Crippen LogP) is 11.6. The minimum absolute atomic E-state index is 0.532. The average Bonchev–Trinajstić information content (AvgIpc) is 3.04. The van der Waals surface area contributed by atoms with E-state index in [1.807, 2.05) is 13.8 Å². The average molecular weight is 529 g/mol. The Labute approximate surface area is 244 Å². The zero-order valence-corrected chi connectivity index (χ0v) is 24.2. The van der Waals surface area contributed by atoms with Crippen LogP contribution in [0.25, 0.3) is 61.0 Å². The molecule has 200 valence electrons. The Bertz CT molecular complexity index is 1950. The van der Waals surface area contributed by atoms with E-state index in [2.05, 4.69) is 128 Å². The summed E-state index contributed by atoms with van der Waals surface area (Å²) < 4.78 is 0. The van der Waals surface area contributed by atoms with Crippen LogP contribution in [0.3, 0.4) is 0 Å². The Balaban J connectivity index is 0.00000135. The van der Waals surface area contributed by atoms with Gasteiger partial charge >= 0.3 is 0 Å². The minimum Gasteiger partial charge on any atom is -0.0836 e. The van der Waals surface area contributed by atoms with Crippen molar-refractivity contribution in [2.45, 2.75) is 46.0 Å². The second-order valence-corrected chi connectivity index (χ2v) is 11.3. The van der Waals surface area contributed by atoms with Gasteiger partial charge in [0.1, 0.15) is 0 Å². The van der Waals surface area contributed by atoms with E-state index in [9.17, 15) is 0 Å². The predicted molar refractivity (Wildman–Crippen MR) is 179 cm³/mol. The van der Waals surface area contributed by atoms with Gasteiger partial charge in [-0.1, -0.05) is 130 Å². The van der Waals surface area contributed by atoms with Crippen molar-refractivity contribution in [3.8, 4) is 33.4 Å². The molecule has 0 N–H and O–H groups in total. The lowest BCUT2D eigenvalue weighted by Crippen LogP contribution is -2.09. The monoisotopic (exact) mass is 528 g/mol. The molecule has 0 bridgehead atoms. The lowest BCUT2D eigenvalue weighted by molar-refractivity contribution is 0.749. The third-order valence-electron chi connectivity index (χ3n) is 8.95. The van der Waals surface area contributed by atoms with E-state index in [4.69, 9.17) is 0 Å². The van der Waals surface area contributed by atoms with Crippen molar-refractivity contribution in [1.82, 2.24) is 0 Å². The zero-order valence-electron chi connectivity index (χ0n) is 24.2. The van der Waals surface area contributed by atoms with Crippen LogP contribution in [0.4, 0.5) is 0 Å². The maximum Gasteiger partial charge on any atom is -0.00295 e. The highest BCUT2D eigenvalue weighted by molar-refractivity contribution is 6.11. The molecule has 0 aromatic heterocycles. The fourth-order valence-electron chi connectivity index (χ4n) is 7.15. The van der Waals surface area contributed by atoms with Gasteiger partial charge in [-0.25, -0.2) is 0 Å². The van der Waals surface area contributed by atoms with E-state index in [-0.39, 0.29) is 0 Å². The molecule has 6 aromatic carbocycles.